The number of nitro benzene ring substituents is 1. The van der Waals surface area contributed by atoms with Crippen LogP contribution in [-0.2, 0) is 13.2 Å². The molecule has 0 aromatic heterocycles. The third-order valence-electron chi connectivity index (χ3n) is 3.85. The Hall–Kier alpha value is -2.93. The minimum Gasteiger partial charge on any atom is -0.488 e. The molecular weight excluding hydrogens is 415 g/mol. The van der Waals surface area contributed by atoms with Gasteiger partial charge in [-0.05, 0) is 63.5 Å². The maximum Gasteiger partial charge on any atom is 0.269 e. The van der Waals surface area contributed by atoms with Crippen LogP contribution in [0.25, 0.3) is 0 Å². The highest BCUT2D eigenvalue weighted by Crippen LogP contribution is 2.27. The van der Waals surface area contributed by atoms with E-state index in [1.807, 2.05) is 18.2 Å². The molecule has 3 aromatic carbocycles. The number of nitro groups is 1. The minimum atomic E-state index is -0.427. The monoisotopic (exact) mass is 430 g/mol. The van der Waals surface area contributed by atoms with E-state index in [9.17, 15) is 14.5 Å². The Morgan fingerprint density at radius 1 is 1.04 bits per heavy atom. The zero-order valence-electron chi connectivity index (χ0n) is 14.2. The molecule has 0 aliphatic rings. The first-order chi connectivity index (χ1) is 13.0. The fourth-order valence-electron chi connectivity index (χ4n) is 2.46. The van der Waals surface area contributed by atoms with E-state index in [1.54, 1.807) is 24.3 Å². The van der Waals surface area contributed by atoms with Crippen LogP contribution in [0.15, 0.2) is 71.2 Å². The first kappa shape index (κ1) is 18.8. The molecule has 0 saturated carbocycles. The molecule has 0 spiro atoms. The number of non-ortho nitro benzene ring substituents is 1. The molecule has 3 aromatic rings. The number of benzene rings is 3. The van der Waals surface area contributed by atoms with Crippen LogP contribution < -0.4 is 10.1 Å². The normalized spacial score (nSPS) is 10.4. The summed E-state index contributed by atoms with van der Waals surface area (Å²) in [6, 6.07) is 18.2. The predicted molar refractivity (Wildman–Crippen MR) is 105 cm³/mol. The highest BCUT2D eigenvalue weighted by molar-refractivity contribution is 9.10. The van der Waals surface area contributed by atoms with Gasteiger partial charge in [-0.2, -0.15) is 0 Å². The van der Waals surface area contributed by atoms with E-state index >= 15 is 0 Å². The standard InChI is InChI=1S/C20H16BrFN2O3/c21-19-11-14(12-23-17-5-7-18(8-6-17)24(25)26)4-9-20(19)27-13-15-2-1-3-16(22)10-15/h1-11,23H,12-13H2. The maximum atomic E-state index is 13.2. The van der Waals surface area contributed by atoms with Gasteiger partial charge in [-0.1, -0.05) is 18.2 Å². The van der Waals surface area contributed by atoms with E-state index < -0.39 is 4.92 Å². The van der Waals surface area contributed by atoms with Crippen molar-refractivity contribution in [2.24, 2.45) is 0 Å². The van der Waals surface area contributed by atoms with Crippen LogP contribution in [0.2, 0.25) is 0 Å². The smallest absolute Gasteiger partial charge is 0.269 e. The van der Waals surface area contributed by atoms with Gasteiger partial charge >= 0.3 is 0 Å². The lowest BCUT2D eigenvalue weighted by molar-refractivity contribution is -0.384. The summed E-state index contributed by atoms with van der Waals surface area (Å²) in [5.74, 6) is 0.376. The Balaban J connectivity index is 1.58. The van der Waals surface area contributed by atoms with Crippen LogP contribution in [0, 0.1) is 15.9 Å². The number of rotatable bonds is 7. The Bertz CT molecular complexity index is 948. The quantitative estimate of drug-likeness (QED) is 0.386. The van der Waals surface area contributed by atoms with Crippen molar-refractivity contribution in [3.05, 3.63) is 98.3 Å². The summed E-state index contributed by atoms with van der Waals surface area (Å²) in [6.07, 6.45) is 0. The van der Waals surface area contributed by atoms with Gasteiger partial charge in [0.2, 0.25) is 0 Å². The summed E-state index contributed by atoms with van der Waals surface area (Å²) < 4.78 is 19.7. The molecule has 27 heavy (non-hydrogen) atoms. The highest BCUT2D eigenvalue weighted by Gasteiger charge is 2.06. The van der Waals surface area contributed by atoms with Gasteiger partial charge in [-0.15, -0.1) is 0 Å². The molecule has 0 radical (unpaired) electrons. The SMILES string of the molecule is O=[N+]([O-])c1ccc(NCc2ccc(OCc3cccc(F)c3)c(Br)c2)cc1. The van der Waals surface area contributed by atoms with Gasteiger partial charge in [0.25, 0.3) is 5.69 Å². The van der Waals surface area contributed by atoms with Gasteiger partial charge in [-0.3, -0.25) is 10.1 Å². The number of hydrogen-bond donors (Lipinski definition) is 1. The molecule has 0 bridgehead atoms. The molecule has 0 unspecified atom stereocenters. The minimum absolute atomic E-state index is 0.0584. The highest BCUT2D eigenvalue weighted by atomic mass is 79.9. The van der Waals surface area contributed by atoms with E-state index in [1.165, 1.54) is 24.3 Å². The van der Waals surface area contributed by atoms with Crippen molar-refractivity contribution < 1.29 is 14.1 Å². The van der Waals surface area contributed by atoms with Gasteiger partial charge in [0, 0.05) is 24.4 Å². The van der Waals surface area contributed by atoms with E-state index in [4.69, 9.17) is 4.74 Å². The molecule has 0 aliphatic carbocycles. The Kier molecular flexibility index (Phi) is 6.03. The lowest BCUT2D eigenvalue weighted by Gasteiger charge is -2.11. The average Bonchev–Trinajstić information content (AvgIpc) is 2.66. The predicted octanol–water partition coefficient (Wildman–Crippen LogP) is 5.69. The van der Waals surface area contributed by atoms with E-state index in [0.29, 0.717) is 12.3 Å². The van der Waals surface area contributed by atoms with Crippen molar-refractivity contribution in [1.82, 2.24) is 0 Å². The first-order valence-corrected chi connectivity index (χ1v) is 8.94. The summed E-state index contributed by atoms with van der Waals surface area (Å²) in [5.41, 5.74) is 2.62. The summed E-state index contributed by atoms with van der Waals surface area (Å²) in [4.78, 5) is 10.2. The van der Waals surface area contributed by atoms with Gasteiger partial charge in [0.1, 0.15) is 18.2 Å². The molecule has 0 amide bonds. The second kappa shape index (κ2) is 8.64. The van der Waals surface area contributed by atoms with Crippen molar-refractivity contribution in [1.29, 1.82) is 0 Å². The van der Waals surface area contributed by atoms with Gasteiger partial charge < -0.3 is 10.1 Å². The summed E-state index contributed by atoms with van der Waals surface area (Å²) in [5, 5.41) is 13.9. The fraction of sp³-hybridized carbons (Fsp3) is 0.100. The number of hydrogen-bond acceptors (Lipinski definition) is 4. The molecule has 0 atom stereocenters. The van der Waals surface area contributed by atoms with Crippen molar-refractivity contribution in [3.8, 4) is 5.75 Å². The molecule has 7 heteroatoms. The Morgan fingerprint density at radius 2 is 1.81 bits per heavy atom. The Labute approximate surface area is 164 Å². The number of nitrogens with one attached hydrogen (secondary N) is 1. The third-order valence-corrected chi connectivity index (χ3v) is 4.47. The van der Waals surface area contributed by atoms with Crippen molar-refractivity contribution >= 4 is 27.3 Å². The summed E-state index contributed by atoms with van der Waals surface area (Å²) in [6.45, 7) is 0.831. The number of halogens is 2. The molecule has 0 fully saturated rings. The van der Waals surface area contributed by atoms with E-state index in [0.717, 1.165) is 21.3 Å². The second-order valence-corrected chi connectivity index (χ2v) is 6.70. The van der Waals surface area contributed by atoms with E-state index in [2.05, 4.69) is 21.2 Å². The summed E-state index contributed by atoms with van der Waals surface area (Å²) >= 11 is 3.49. The van der Waals surface area contributed by atoms with Gasteiger partial charge in [-0.25, -0.2) is 4.39 Å². The average molecular weight is 431 g/mol. The topological polar surface area (TPSA) is 64.4 Å². The number of anilines is 1. The molecule has 0 saturated heterocycles. The van der Waals surface area contributed by atoms with Crippen LogP contribution in [-0.4, -0.2) is 4.92 Å². The molecular formula is C20H16BrFN2O3. The van der Waals surface area contributed by atoms with Crippen LogP contribution in [0.3, 0.4) is 0 Å². The van der Waals surface area contributed by atoms with Crippen molar-refractivity contribution in [3.63, 3.8) is 0 Å². The molecule has 1 N–H and O–H groups in total. The number of nitrogens with zero attached hydrogens (tertiary/aromatic N) is 1. The van der Waals surface area contributed by atoms with Crippen LogP contribution in [0.1, 0.15) is 11.1 Å². The lowest BCUT2D eigenvalue weighted by atomic mass is 10.2. The molecule has 3 rings (SSSR count). The summed E-state index contributed by atoms with van der Waals surface area (Å²) in [7, 11) is 0. The first-order valence-electron chi connectivity index (χ1n) is 8.15. The fourth-order valence-corrected chi connectivity index (χ4v) is 3.00. The van der Waals surface area contributed by atoms with Gasteiger partial charge in [0.15, 0.2) is 0 Å². The lowest BCUT2D eigenvalue weighted by Crippen LogP contribution is -2.01. The molecule has 138 valence electrons. The molecule has 0 aliphatic heterocycles. The van der Waals surface area contributed by atoms with Gasteiger partial charge in [0.05, 0.1) is 9.40 Å². The van der Waals surface area contributed by atoms with Crippen LogP contribution >= 0.6 is 15.9 Å². The second-order valence-electron chi connectivity index (χ2n) is 5.84. The molecule has 0 heterocycles. The van der Waals surface area contributed by atoms with Crippen LogP contribution in [0.4, 0.5) is 15.8 Å². The van der Waals surface area contributed by atoms with E-state index in [-0.39, 0.29) is 18.1 Å². The largest absolute Gasteiger partial charge is 0.488 e. The maximum absolute atomic E-state index is 13.2. The van der Waals surface area contributed by atoms with Crippen LogP contribution in [0.5, 0.6) is 5.75 Å². The molecule has 5 nitrogen and oxygen atoms in total. The van der Waals surface area contributed by atoms with Crippen molar-refractivity contribution in [2.45, 2.75) is 13.2 Å². The Morgan fingerprint density at radius 3 is 2.48 bits per heavy atom. The zero-order valence-corrected chi connectivity index (χ0v) is 15.8. The number of ether oxygens (including phenoxy) is 1. The van der Waals surface area contributed by atoms with Crippen molar-refractivity contribution in [2.75, 3.05) is 5.32 Å². The third kappa shape index (κ3) is 5.27. The zero-order chi connectivity index (χ0) is 19.2.